The Morgan fingerprint density at radius 3 is 1.31 bits per heavy atom. The zero-order chi connectivity index (χ0) is 47.7. The van der Waals surface area contributed by atoms with Crippen molar-refractivity contribution < 1.29 is 42.9 Å². The van der Waals surface area contributed by atoms with Crippen molar-refractivity contribution in [2.75, 3.05) is 47.5 Å². The molecule has 0 amide bonds. The van der Waals surface area contributed by atoms with E-state index in [4.69, 9.17) is 18.9 Å². The topological polar surface area (TPSA) is 108 Å². The second kappa shape index (κ2) is 47.7. The van der Waals surface area contributed by atoms with Crippen LogP contribution in [0.25, 0.3) is 0 Å². The van der Waals surface area contributed by atoms with E-state index in [1.54, 1.807) is 0 Å². The molecule has 0 aliphatic rings. The van der Waals surface area contributed by atoms with Crippen LogP contribution in [0.5, 0.6) is 0 Å². The monoisotopic (exact) mass is 917 g/mol. The molecule has 0 bridgehead atoms. The SMILES string of the molecule is CC/C=C\C/C=C\C/C=C\C/C=C\CCCCC(=O)OC(COC(=O)CCCCCCCCCCCCCCCCCCCCCCCCCCC)COC(OCC[N+](C)(C)C)C(=O)O. The molecule has 0 aromatic carbocycles. The molecule has 378 valence electrons. The molecule has 0 aromatic rings. The number of carboxylic acid groups (broad SMARTS) is 1. The molecule has 2 unspecified atom stereocenters. The molecule has 0 fully saturated rings. The van der Waals surface area contributed by atoms with E-state index in [0.29, 0.717) is 23.9 Å². The van der Waals surface area contributed by atoms with Gasteiger partial charge in [0.25, 0.3) is 6.29 Å². The maximum atomic E-state index is 12.8. The first kappa shape index (κ1) is 62.2. The normalized spacial score (nSPS) is 13.2. The lowest BCUT2D eigenvalue weighted by Gasteiger charge is -2.25. The van der Waals surface area contributed by atoms with Crippen molar-refractivity contribution >= 4 is 17.9 Å². The van der Waals surface area contributed by atoms with Crippen LogP contribution in [0.2, 0.25) is 0 Å². The van der Waals surface area contributed by atoms with Crippen LogP contribution >= 0.6 is 0 Å². The summed E-state index contributed by atoms with van der Waals surface area (Å²) in [6.07, 6.45) is 54.9. The summed E-state index contributed by atoms with van der Waals surface area (Å²) < 4.78 is 22.8. The van der Waals surface area contributed by atoms with Crippen LogP contribution in [0.1, 0.15) is 232 Å². The fourth-order valence-corrected chi connectivity index (χ4v) is 7.48. The summed E-state index contributed by atoms with van der Waals surface area (Å²) in [5.74, 6) is -2.06. The first-order chi connectivity index (χ1) is 31.6. The number of allylic oxidation sites excluding steroid dienone is 8. The third kappa shape index (κ3) is 49.0. The number of unbranched alkanes of at least 4 members (excludes halogenated alkanes) is 26. The Labute approximate surface area is 400 Å². The van der Waals surface area contributed by atoms with Crippen LogP contribution in [0, 0.1) is 0 Å². The number of nitrogens with zero attached hydrogens (tertiary/aromatic N) is 1. The average molecular weight is 917 g/mol. The minimum atomic E-state index is -1.52. The van der Waals surface area contributed by atoms with Gasteiger partial charge in [-0.3, -0.25) is 9.59 Å². The van der Waals surface area contributed by atoms with Gasteiger partial charge in [-0.2, -0.15) is 0 Å². The summed E-state index contributed by atoms with van der Waals surface area (Å²) >= 11 is 0. The van der Waals surface area contributed by atoms with Gasteiger partial charge in [-0.15, -0.1) is 0 Å². The molecule has 0 saturated carbocycles. The third-order valence-electron chi connectivity index (χ3n) is 11.6. The summed E-state index contributed by atoms with van der Waals surface area (Å²) in [4.78, 5) is 37.3. The lowest BCUT2D eigenvalue weighted by Crippen LogP contribution is -2.40. The number of aliphatic carboxylic acids is 1. The van der Waals surface area contributed by atoms with Crippen LogP contribution in [-0.2, 0) is 33.3 Å². The van der Waals surface area contributed by atoms with Gasteiger partial charge in [0.15, 0.2) is 6.10 Å². The van der Waals surface area contributed by atoms with E-state index >= 15 is 0 Å². The van der Waals surface area contributed by atoms with Gasteiger partial charge in [-0.05, 0) is 51.4 Å². The van der Waals surface area contributed by atoms with Crippen LogP contribution in [-0.4, -0.2) is 87.4 Å². The van der Waals surface area contributed by atoms with Crippen molar-refractivity contribution in [3.8, 4) is 0 Å². The zero-order valence-corrected chi connectivity index (χ0v) is 42.9. The Kier molecular flexibility index (Phi) is 45.7. The van der Waals surface area contributed by atoms with Crippen LogP contribution < -0.4 is 0 Å². The van der Waals surface area contributed by atoms with Gasteiger partial charge in [0, 0.05) is 12.8 Å². The van der Waals surface area contributed by atoms with Crippen molar-refractivity contribution in [1.29, 1.82) is 0 Å². The highest BCUT2D eigenvalue weighted by molar-refractivity contribution is 5.71. The number of hydrogen-bond donors (Lipinski definition) is 1. The lowest BCUT2D eigenvalue weighted by atomic mass is 10.0. The first-order valence-electron chi connectivity index (χ1n) is 26.8. The van der Waals surface area contributed by atoms with Crippen molar-refractivity contribution in [1.82, 2.24) is 0 Å². The molecule has 0 heterocycles. The molecule has 0 saturated heterocycles. The number of likely N-dealkylation sites (N-methyl/N-ethyl adjacent to an activating group) is 1. The highest BCUT2D eigenvalue weighted by Gasteiger charge is 2.25. The molecule has 9 heteroatoms. The van der Waals surface area contributed by atoms with Gasteiger partial charge >= 0.3 is 17.9 Å². The molecule has 0 spiro atoms. The zero-order valence-electron chi connectivity index (χ0n) is 42.9. The minimum absolute atomic E-state index is 0.179. The Morgan fingerprint density at radius 2 is 0.877 bits per heavy atom. The van der Waals surface area contributed by atoms with E-state index in [9.17, 15) is 19.5 Å². The predicted octanol–water partition coefficient (Wildman–Crippen LogP) is 15.1. The molecule has 0 aromatic heterocycles. The van der Waals surface area contributed by atoms with E-state index in [1.165, 1.54) is 141 Å². The number of carbonyl (C=O) groups excluding carboxylic acids is 2. The summed E-state index contributed by atoms with van der Waals surface area (Å²) in [6, 6.07) is 0. The molecule has 0 aliphatic carbocycles. The van der Waals surface area contributed by atoms with Crippen LogP contribution in [0.4, 0.5) is 0 Å². The van der Waals surface area contributed by atoms with Gasteiger partial charge < -0.3 is 28.5 Å². The van der Waals surface area contributed by atoms with E-state index in [2.05, 4.69) is 62.5 Å². The molecule has 9 nitrogen and oxygen atoms in total. The molecule has 65 heavy (non-hydrogen) atoms. The largest absolute Gasteiger partial charge is 0.477 e. The van der Waals surface area contributed by atoms with Gasteiger partial charge in [0.05, 0.1) is 34.4 Å². The van der Waals surface area contributed by atoms with Gasteiger partial charge in [0.1, 0.15) is 13.2 Å². The van der Waals surface area contributed by atoms with Crippen molar-refractivity contribution in [3.05, 3.63) is 48.6 Å². The van der Waals surface area contributed by atoms with Crippen LogP contribution in [0.15, 0.2) is 48.6 Å². The number of carbonyl (C=O) groups is 3. The molecule has 2 atom stereocenters. The highest BCUT2D eigenvalue weighted by atomic mass is 16.7. The van der Waals surface area contributed by atoms with E-state index in [0.717, 1.165) is 57.8 Å². The van der Waals surface area contributed by atoms with Crippen molar-refractivity contribution in [2.45, 2.75) is 245 Å². The Balaban J connectivity index is 4.24. The lowest BCUT2D eigenvalue weighted by molar-refractivity contribution is -0.870. The molecular weight excluding hydrogens is 815 g/mol. The molecule has 1 N–H and O–H groups in total. The van der Waals surface area contributed by atoms with E-state index in [-0.39, 0.29) is 32.2 Å². The van der Waals surface area contributed by atoms with Crippen molar-refractivity contribution in [3.63, 3.8) is 0 Å². The van der Waals surface area contributed by atoms with E-state index < -0.39 is 24.3 Å². The Bertz CT molecular complexity index is 1210. The standard InChI is InChI=1S/C56H101NO8/c1-6-8-10-12-14-16-18-20-22-23-24-25-26-27-28-29-30-31-33-34-36-38-40-42-44-46-53(58)63-50-52(51-64-56(55(60)61)62-49-48-57(3,4)5)65-54(59)47-45-43-41-39-37-35-32-21-19-17-15-13-11-9-7-2/h9,11,15,17,21,32,37,39,52,56H,6-8,10,12-14,16,18-20,22-31,33-36,38,40-51H2,1-5H3/p+1/b11-9-,17-15-,32-21-,39-37-. The van der Waals surface area contributed by atoms with Gasteiger partial charge in [-0.25, -0.2) is 4.79 Å². The molecular formula is C56H102NO8+. The molecule has 0 rings (SSSR count). The highest BCUT2D eigenvalue weighted by Crippen LogP contribution is 2.17. The molecule has 0 aliphatic heterocycles. The fraction of sp³-hybridized carbons (Fsp3) is 0.804. The summed E-state index contributed by atoms with van der Waals surface area (Å²) in [5, 5.41) is 9.67. The van der Waals surface area contributed by atoms with Crippen LogP contribution in [0.3, 0.4) is 0 Å². The smallest absolute Gasteiger partial charge is 0.361 e. The number of quaternary nitrogens is 1. The van der Waals surface area contributed by atoms with Gasteiger partial charge in [-0.1, -0.05) is 217 Å². The summed E-state index contributed by atoms with van der Waals surface area (Å²) in [5.41, 5.74) is 0. The predicted molar refractivity (Wildman–Crippen MR) is 272 cm³/mol. The number of rotatable bonds is 49. The average Bonchev–Trinajstić information content (AvgIpc) is 3.27. The number of hydrogen-bond acceptors (Lipinski definition) is 7. The number of ether oxygens (including phenoxy) is 4. The second-order valence-corrected chi connectivity index (χ2v) is 19.2. The third-order valence-corrected chi connectivity index (χ3v) is 11.6. The fourth-order valence-electron chi connectivity index (χ4n) is 7.48. The summed E-state index contributed by atoms with van der Waals surface area (Å²) in [7, 11) is 5.95. The number of esters is 2. The second-order valence-electron chi connectivity index (χ2n) is 19.2. The van der Waals surface area contributed by atoms with Crippen molar-refractivity contribution in [2.24, 2.45) is 0 Å². The Morgan fingerprint density at radius 1 is 0.477 bits per heavy atom. The maximum absolute atomic E-state index is 12.8. The Hall–Kier alpha value is -2.75. The maximum Gasteiger partial charge on any atom is 0.361 e. The molecule has 0 radical (unpaired) electrons. The number of carboxylic acids is 1. The van der Waals surface area contributed by atoms with E-state index in [1.807, 2.05) is 21.1 Å². The summed E-state index contributed by atoms with van der Waals surface area (Å²) in [6.45, 7) is 4.73. The minimum Gasteiger partial charge on any atom is -0.477 e. The quantitative estimate of drug-likeness (QED) is 0.0211. The first-order valence-corrected chi connectivity index (χ1v) is 26.8. The van der Waals surface area contributed by atoms with Gasteiger partial charge in [0.2, 0.25) is 0 Å².